The lowest BCUT2D eigenvalue weighted by atomic mass is 10.0. The molecule has 0 spiro atoms. The third-order valence-electron chi connectivity index (χ3n) is 5.56. The lowest BCUT2D eigenvalue weighted by Gasteiger charge is -2.21. The van der Waals surface area contributed by atoms with Gasteiger partial charge in [0.1, 0.15) is 5.82 Å². The predicted molar refractivity (Wildman–Crippen MR) is 136 cm³/mol. The number of fused-ring (bicyclic) bond motifs is 1. The minimum atomic E-state index is -0.396. The van der Waals surface area contributed by atoms with E-state index in [2.05, 4.69) is 28.8 Å². The summed E-state index contributed by atoms with van der Waals surface area (Å²) in [5.74, 6) is 7.40. The Balaban J connectivity index is 0.00000199. The number of carbonyl (C=O) groups excluding carboxylic acids is 1. The fourth-order valence-electron chi connectivity index (χ4n) is 3.84. The highest BCUT2D eigenvalue weighted by atomic mass is 16.5. The van der Waals surface area contributed by atoms with Crippen molar-refractivity contribution in [3.8, 4) is 0 Å². The quantitative estimate of drug-likeness (QED) is 0.254. The second-order valence-electron chi connectivity index (χ2n) is 7.90. The van der Waals surface area contributed by atoms with Crippen LogP contribution in [-0.2, 0) is 17.8 Å². The molecule has 3 N–H and O–H groups in total. The lowest BCUT2D eigenvalue weighted by molar-refractivity contribution is 0.0600. The molecule has 0 aliphatic heterocycles. The molecule has 0 amide bonds. The van der Waals surface area contributed by atoms with Crippen molar-refractivity contribution in [2.75, 3.05) is 12.1 Å². The number of benzene rings is 1. The van der Waals surface area contributed by atoms with Crippen molar-refractivity contribution in [2.24, 2.45) is 5.84 Å². The normalized spacial score (nSPS) is 11.6. The zero-order valence-electron chi connectivity index (χ0n) is 21.2. The van der Waals surface area contributed by atoms with Gasteiger partial charge in [0, 0.05) is 12.5 Å². The summed E-state index contributed by atoms with van der Waals surface area (Å²) in [6, 6.07) is 6.97. The molecule has 0 aliphatic rings. The number of esters is 1. The lowest BCUT2D eigenvalue weighted by Crippen LogP contribution is -2.37. The summed E-state index contributed by atoms with van der Waals surface area (Å²) in [5, 5.41) is 1.45. The summed E-state index contributed by atoms with van der Waals surface area (Å²) >= 11 is 0. The van der Waals surface area contributed by atoms with Gasteiger partial charge in [-0.05, 0) is 37.0 Å². The molecule has 0 saturated heterocycles. The van der Waals surface area contributed by atoms with Gasteiger partial charge in [-0.1, -0.05) is 53.2 Å². The minimum Gasteiger partial charge on any atom is -0.465 e. The molecule has 0 radical (unpaired) electrons. The van der Waals surface area contributed by atoms with E-state index < -0.39 is 5.97 Å². The molecule has 2 heterocycles. The topological polar surface area (TPSA) is 119 Å². The van der Waals surface area contributed by atoms with Crippen molar-refractivity contribution in [1.82, 2.24) is 19.5 Å². The van der Waals surface area contributed by atoms with E-state index in [-0.39, 0.29) is 11.5 Å². The highest BCUT2D eigenvalue weighted by molar-refractivity contribution is 5.89. The van der Waals surface area contributed by atoms with E-state index in [1.165, 1.54) is 12.1 Å². The van der Waals surface area contributed by atoms with E-state index >= 15 is 0 Å². The van der Waals surface area contributed by atoms with Crippen LogP contribution in [-0.4, -0.2) is 32.6 Å². The minimum absolute atomic E-state index is 0.173. The number of aromatic nitrogens is 4. The Morgan fingerprint density at radius 3 is 2.38 bits per heavy atom. The summed E-state index contributed by atoms with van der Waals surface area (Å²) in [5.41, 5.74) is 1.97. The zero-order chi connectivity index (χ0) is 25.3. The number of methoxy groups -OCH3 is 1. The van der Waals surface area contributed by atoms with Crippen LogP contribution >= 0.6 is 0 Å². The maximum absolute atomic E-state index is 13.2. The Bertz CT molecular complexity index is 1120. The fourth-order valence-corrected chi connectivity index (χ4v) is 3.84. The molecule has 3 rings (SSSR count). The molecule has 9 heteroatoms. The van der Waals surface area contributed by atoms with E-state index in [0.29, 0.717) is 35.8 Å². The summed E-state index contributed by atoms with van der Waals surface area (Å²) in [7, 11) is 1.35. The van der Waals surface area contributed by atoms with Gasteiger partial charge in [-0.15, -0.1) is 0 Å². The number of nitrogens with one attached hydrogen (secondary N) is 1. The van der Waals surface area contributed by atoms with Crippen molar-refractivity contribution in [3.05, 3.63) is 51.6 Å². The van der Waals surface area contributed by atoms with E-state index in [4.69, 9.17) is 10.6 Å². The molecule has 2 aromatic heterocycles. The SMILES string of the molecule is CC.CCCC(CC)c1nc2nc(N(N)Cc3ccc(C(=O)OC)cc3)n(CCC)c(=O)c2[nH]1. The number of ether oxygens (including phenoxy) is 1. The summed E-state index contributed by atoms with van der Waals surface area (Å²) in [6.45, 7) is 11.1. The smallest absolute Gasteiger partial charge is 0.337 e. The number of hydrogen-bond acceptors (Lipinski definition) is 7. The maximum atomic E-state index is 13.2. The Morgan fingerprint density at radius 2 is 1.82 bits per heavy atom. The first-order valence-corrected chi connectivity index (χ1v) is 12.1. The van der Waals surface area contributed by atoms with Gasteiger partial charge in [-0.25, -0.2) is 15.6 Å². The first-order chi connectivity index (χ1) is 16.4. The molecular formula is C25H38N6O3. The molecule has 0 aliphatic carbocycles. The van der Waals surface area contributed by atoms with Crippen LogP contribution < -0.4 is 16.4 Å². The summed E-state index contributed by atoms with van der Waals surface area (Å²) in [4.78, 5) is 37.4. The summed E-state index contributed by atoms with van der Waals surface area (Å²) in [6.07, 6.45) is 3.74. The molecule has 1 unspecified atom stereocenters. The van der Waals surface area contributed by atoms with Gasteiger partial charge in [-0.2, -0.15) is 4.98 Å². The number of H-pyrrole nitrogens is 1. The largest absolute Gasteiger partial charge is 0.465 e. The second-order valence-corrected chi connectivity index (χ2v) is 7.90. The molecule has 34 heavy (non-hydrogen) atoms. The maximum Gasteiger partial charge on any atom is 0.337 e. The van der Waals surface area contributed by atoms with Crippen LogP contribution in [0.25, 0.3) is 11.2 Å². The third-order valence-corrected chi connectivity index (χ3v) is 5.56. The van der Waals surface area contributed by atoms with Crippen LogP contribution in [0, 0.1) is 0 Å². The van der Waals surface area contributed by atoms with Crippen LogP contribution in [0.15, 0.2) is 29.1 Å². The van der Waals surface area contributed by atoms with Gasteiger partial charge in [-0.3, -0.25) is 14.4 Å². The van der Waals surface area contributed by atoms with Crippen LogP contribution in [0.5, 0.6) is 0 Å². The van der Waals surface area contributed by atoms with Crippen molar-refractivity contribution in [1.29, 1.82) is 0 Å². The predicted octanol–water partition coefficient (Wildman–Crippen LogP) is 4.52. The molecule has 3 aromatic rings. The van der Waals surface area contributed by atoms with Gasteiger partial charge < -0.3 is 9.72 Å². The van der Waals surface area contributed by atoms with Gasteiger partial charge in [0.15, 0.2) is 11.2 Å². The van der Waals surface area contributed by atoms with Crippen molar-refractivity contribution < 1.29 is 9.53 Å². The first kappa shape index (κ1) is 27.0. The molecule has 9 nitrogen and oxygen atoms in total. The molecule has 1 atom stereocenters. The number of aromatic amines is 1. The average Bonchev–Trinajstić information content (AvgIpc) is 3.29. The fraction of sp³-hybridized carbons (Fsp3) is 0.520. The molecule has 186 valence electrons. The van der Waals surface area contributed by atoms with Crippen LogP contribution in [0.3, 0.4) is 0 Å². The van der Waals surface area contributed by atoms with Gasteiger partial charge in [0.2, 0.25) is 5.95 Å². The van der Waals surface area contributed by atoms with Gasteiger partial charge in [0.25, 0.3) is 5.56 Å². The standard InChI is InChI=1S/C23H32N6O3.C2H6/c1-5-8-16(7-3)19-25-18-20(26-19)27-23(28(13-6-2)21(18)30)29(24)14-15-9-11-17(12-10-15)22(31)32-4;1-2/h9-12,16H,5-8,13-14,24H2,1-4H3,(H,25,26);1-2H3. The monoisotopic (exact) mass is 470 g/mol. The Morgan fingerprint density at radius 1 is 1.15 bits per heavy atom. The number of carbonyl (C=O) groups is 1. The first-order valence-electron chi connectivity index (χ1n) is 12.1. The van der Waals surface area contributed by atoms with E-state index in [1.54, 1.807) is 28.8 Å². The molecule has 0 bridgehead atoms. The van der Waals surface area contributed by atoms with E-state index in [1.807, 2.05) is 20.8 Å². The van der Waals surface area contributed by atoms with Crippen LogP contribution in [0.2, 0.25) is 0 Å². The van der Waals surface area contributed by atoms with Crippen molar-refractivity contribution in [2.45, 2.75) is 79.3 Å². The van der Waals surface area contributed by atoms with Gasteiger partial charge in [0.05, 0.1) is 19.2 Å². The number of hydrogen-bond donors (Lipinski definition) is 2. The number of anilines is 1. The number of rotatable bonds is 10. The van der Waals surface area contributed by atoms with Crippen molar-refractivity contribution in [3.63, 3.8) is 0 Å². The van der Waals surface area contributed by atoms with Crippen LogP contribution in [0.1, 0.15) is 88.0 Å². The number of nitrogens with zero attached hydrogens (tertiary/aromatic N) is 4. The zero-order valence-corrected chi connectivity index (χ0v) is 21.2. The average molecular weight is 471 g/mol. The highest BCUT2D eigenvalue weighted by Crippen LogP contribution is 2.24. The highest BCUT2D eigenvalue weighted by Gasteiger charge is 2.20. The molecule has 0 saturated carbocycles. The third kappa shape index (κ3) is 6.02. The Kier molecular flexibility index (Phi) is 10.2. The molecular weight excluding hydrogens is 432 g/mol. The number of nitrogens with two attached hydrogens (primary N) is 1. The Hall–Kier alpha value is -3.20. The van der Waals surface area contributed by atoms with E-state index in [0.717, 1.165) is 37.1 Å². The summed E-state index contributed by atoms with van der Waals surface area (Å²) < 4.78 is 6.32. The van der Waals surface area contributed by atoms with E-state index in [9.17, 15) is 9.59 Å². The van der Waals surface area contributed by atoms with Gasteiger partial charge >= 0.3 is 5.97 Å². The number of imidazole rings is 1. The van der Waals surface area contributed by atoms with Crippen LogP contribution in [0.4, 0.5) is 5.95 Å². The van der Waals surface area contributed by atoms with Crippen molar-refractivity contribution >= 4 is 23.1 Å². The molecule has 0 fully saturated rings. The molecule has 1 aromatic carbocycles. The number of hydrazine groups is 1. The Labute approximate surface area is 201 Å². The second kappa shape index (κ2) is 12.9.